The van der Waals surface area contributed by atoms with Crippen molar-refractivity contribution in [3.63, 3.8) is 0 Å². The Bertz CT molecular complexity index is 4370. The van der Waals surface area contributed by atoms with E-state index in [2.05, 4.69) is 221 Å². The summed E-state index contributed by atoms with van der Waals surface area (Å²) >= 11 is 1.94. The van der Waals surface area contributed by atoms with Crippen molar-refractivity contribution < 1.29 is 0 Å². The van der Waals surface area contributed by atoms with Gasteiger partial charge in [-0.05, 0) is 123 Å². The molecule has 14 aromatic rings. The number of hydrogen-bond acceptors (Lipinski definition) is 1. The van der Waals surface area contributed by atoms with Gasteiger partial charge in [0.25, 0.3) is 0 Å². The third kappa shape index (κ3) is 4.98. The van der Waals surface area contributed by atoms with Gasteiger partial charge in [0.2, 0.25) is 0 Å². The van der Waals surface area contributed by atoms with E-state index in [1.807, 2.05) is 11.3 Å². The Morgan fingerprint density at radius 2 is 0.833 bits per heavy atom. The molecule has 0 amide bonds. The third-order valence-corrected chi connectivity index (χ3v) is 16.3. The van der Waals surface area contributed by atoms with E-state index in [1.54, 1.807) is 0 Å². The maximum atomic E-state index is 2.66. The molecule has 0 saturated heterocycles. The summed E-state index contributed by atoms with van der Waals surface area (Å²) in [4.78, 5) is 0. The molecule has 14 rings (SSSR count). The zero-order valence-electron chi connectivity index (χ0n) is 39.1. The Balaban J connectivity index is 1.17. The number of nitrogens with zero attached hydrogens (tertiary/aromatic N) is 3. The van der Waals surface area contributed by atoms with Crippen LogP contribution in [0.1, 0.15) is 79.0 Å². The van der Waals surface area contributed by atoms with Crippen molar-refractivity contribution in [1.82, 2.24) is 13.4 Å². The third-order valence-electron chi connectivity index (χ3n) is 15.1. The molecule has 320 valence electrons. The van der Waals surface area contributed by atoms with Crippen molar-refractivity contribution in [1.29, 1.82) is 0 Å². The summed E-state index contributed by atoms with van der Waals surface area (Å²) in [6, 6.07) is 56.1. The maximum absolute atomic E-state index is 2.66. The standard InChI is InChI=1S/C62H51N3S/c1-60(2,3)35-26-41(34-23-24-51-42(25-34)39-19-13-15-21-50(39)63(51)38-17-11-10-12-18-38)55-47(29-35)48-30-36(61(4,5)6)27-45-43-33-53-44(32-52(43)64(55)56(45)48)46-28-37(62(7,8)9)31-49-57(46)65(53)58-40-20-14-16-22-54(40)66-59(49)58/h10-33H,1-9H3. The fourth-order valence-corrected chi connectivity index (χ4v) is 12.9. The Morgan fingerprint density at radius 1 is 0.348 bits per heavy atom. The summed E-state index contributed by atoms with van der Waals surface area (Å²) in [6.07, 6.45) is 0. The van der Waals surface area contributed by atoms with E-state index in [-0.39, 0.29) is 16.2 Å². The minimum Gasteiger partial charge on any atom is -0.309 e. The molecule has 0 bridgehead atoms. The van der Waals surface area contributed by atoms with Gasteiger partial charge in [-0.2, -0.15) is 0 Å². The highest BCUT2D eigenvalue weighted by Crippen LogP contribution is 2.51. The first-order chi connectivity index (χ1) is 31.6. The maximum Gasteiger partial charge on any atom is 0.0728 e. The number of hydrogen-bond donors (Lipinski definition) is 0. The Labute approximate surface area is 387 Å². The molecule has 6 heterocycles. The van der Waals surface area contributed by atoms with Crippen molar-refractivity contribution in [2.45, 2.75) is 78.6 Å². The van der Waals surface area contributed by atoms with E-state index in [4.69, 9.17) is 0 Å². The zero-order chi connectivity index (χ0) is 44.9. The lowest BCUT2D eigenvalue weighted by atomic mass is 9.83. The normalized spacial score (nSPS) is 13.5. The highest BCUT2D eigenvalue weighted by molar-refractivity contribution is 7.26. The average Bonchev–Trinajstić information content (AvgIpc) is 4.12. The van der Waals surface area contributed by atoms with Crippen molar-refractivity contribution in [2.24, 2.45) is 0 Å². The van der Waals surface area contributed by atoms with Crippen molar-refractivity contribution in [2.75, 3.05) is 0 Å². The van der Waals surface area contributed by atoms with Crippen LogP contribution in [-0.2, 0) is 16.2 Å². The number of rotatable bonds is 2. The lowest BCUT2D eigenvalue weighted by molar-refractivity contribution is 0.591. The summed E-state index contributed by atoms with van der Waals surface area (Å²) in [7, 11) is 0. The van der Waals surface area contributed by atoms with Crippen LogP contribution in [0, 0.1) is 0 Å². The van der Waals surface area contributed by atoms with E-state index < -0.39 is 0 Å². The van der Waals surface area contributed by atoms with Crippen LogP contribution in [0.4, 0.5) is 0 Å². The Kier molecular flexibility index (Phi) is 7.28. The van der Waals surface area contributed by atoms with Gasteiger partial charge in [-0.3, -0.25) is 0 Å². The lowest BCUT2D eigenvalue weighted by Crippen LogP contribution is -2.11. The summed E-state index contributed by atoms with van der Waals surface area (Å²) in [5.41, 5.74) is 18.0. The first kappa shape index (κ1) is 38.4. The van der Waals surface area contributed by atoms with Crippen LogP contribution in [0.25, 0.3) is 124 Å². The number of thiophene rings is 1. The molecule has 4 heteroatoms. The first-order valence-corrected chi connectivity index (χ1v) is 24.4. The molecule has 3 nitrogen and oxygen atoms in total. The fourth-order valence-electron chi connectivity index (χ4n) is 11.7. The predicted molar refractivity (Wildman–Crippen MR) is 287 cm³/mol. The Hall–Kier alpha value is -6.88. The second-order valence-corrected chi connectivity index (χ2v) is 23.3. The number of para-hydroxylation sites is 2. The zero-order valence-corrected chi connectivity index (χ0v) is 39.9. The SMILES string of the molecule is CC(C)(C)c1cc(-c2ccc3c(c2)c2ccccc2n3-c2ccccc2)c2c(c1)c1cc(C(C)(C)C)cc3c4cc5c(cc4n2c31)c1cc(C(C)(C)C)cc2c3sc4ccccc4c3n5c12. The molecule has 0 N–H and O–H groups in total. The van der Waals surface area contributed by atoms with Crippen LogP contribution in [0.5, 0.6) is 0 Å². The van der Waals surface area contributed by atoms with Gasteiger partial charge >= 0.3 is 0 Å². The highest BCUT2D eigenvalue weighted by atomic mass is 32.1. The lowest BCUT2D eigenvalue weighted by Gasteiger charge is -2.22. The number of fused-ring (bicyclic) bond motifs is 17. The molecule has 0 aliphatic heterocycles. The van der Waals surface area contributed by atoms with Gasteiger partial charge < -0.3 is 13.4 Å². The molecule has 0 spiro atoms. The summed E-state index contributed by atoms with van der Waals surface area (Å²) in [5.74, 6) is 0. The molecule has 8 aromatic carbocycles. The molecular weight excluding hydrogens is 819 g/mol. The minimum atomic E-state index is -0.0633. The largest absolute Gasteiger partial charge is 0.309 e. The highest BCUT2D eigenvalue weighted by Gasteiger charge is 2.30. The van der Waals surface area contributed by atoms with Gasteiger partial charge in [-0.15, -0.1) is 11.3 Å². The van der Waals surface area contributed by atoms with Crippen LogP contribution >= 0.6 is 11.3 Å². The number of aromatic nitrogens is 3. The Morgan fingerprint density at radius 3 is 1.48 bits per heavy atom. The van der Waals surface area contributed by atoms with Gasteiger partial charge in [0.1, 0.15) is 0 Å². The molecule has 0 fully saturated rings. The topological polar surface area (TPSA) is 13.8 Å². The molecule has 66 heavy (non-hydrogen) atoms. The van der Waals surface area contributed by atoms with Crippen molar-refractivity contribution >= 4 is 119 Å². The summed E-state index contributed by atoms with van der Waals surface area (Å²) in [6.45, 7) is 21.2. The monoisotopic (exact) mass is 869 g/mol. The molecule has 0 radical (unpaired) electrons. The van der Waals surface area contributed by atoms with E-state index in [0.29, 0.717) is 0 Å². The molecule has 0 aliphatic rings. The van der Waals surface area contributed by atoms with Crippen LogP contribution < -0.4 is 0 Å². The van der Waals surface area contributed by atoms with Gasteiger partial charge in [0, 0.05) is 69.8 Å². The van der Waals surface area contributed by atoms with E-state index in [0.717, 1.165) is 0 Å². The number of benzene rings is 8. The van der Waals surface area contributed by atoms with E-state index >= 15 is 0 Å². The van der Waals surface area contributed by atoms with Gasteiger partial charge in [-0.1, -0.05) is 123 Å². The van der Waals surface area contributed by atoms with Gasteiger partial charge in [-0.25, -0.2) is 0 Å². The van der Waals surface area contributed by atoms with Crippen LogP contribution in [-0.4, -0.2) is 13.4 Å². The molecule has 6 aromatic heterocycles. The van der Waals surface area contributed by atoms with Crippen LogP contribution in [0.15, 0.2) is 146 Å². The summed E-state index contributed by atoms with van der Waals surface area (Å²) in [5, 5.41) is 13.2. The second-order valence-electron chi connectivity index (χ2n) is 22.3. The molecule has 0 aliphatic carbocycles. The van der Waals surface area contributed by atoms with Gasteiger partial charge in [0.05, 0.1) is 48.8 Å². The van der Waals surface area contributed by atoms with E-state index in [9.17, 15) is 0 Å². The fraction of sp³-hybridized carbons (Fsp3) is 0.194. The molecule has 0 unspecified atom stereocenters. The summed E-state index contributed by atoms with van der Waals surface area (Å²) < 4.78 is 10.4. The first-order valence-electron chi connectivity index (χ1n) is 23.6. The van der Waals surface area contributed by atoms with Crippen molar-refractivity contribution in [3.05, 3.63) is 162 Å². The van der Waals surface area contributed by atoms with Crippen LogP contribution in [0.3, 0.4) is 0 Å². The van der Waals surface area contributed by atoms with Gasteiger partial charge in [0.15, 0.2) is 0 Å². The molecule has 0 saturated carbocycles. The smallest absolute Gasteiger partial charge is 0.0728 e. The van der Waals surface area contributed by atoms with Crippen LogP contribution in [0.2, 0.25) is 0 Å². The quantitative estimate of drug-likeness (QED) is 0.164. The molecular formula is C62H51N3S. The minimum absolute atomic E-state index is 0.00811. The average molecular weight is 870 g/mol. The van der Waals surface area contributed by atoms with E-state index in [1.165, 1.54) is 141 Å². The van der Waals surface area contributed by atoms with Crippen molar-refractivity contribution in [3.8, 4) is 16.8 Å². The molecule has 0 atom stereocenters. The predicted octanol–water partition coefficient (Wildman–Crippen LogP) is 17.9. The second kappa shape index (κ2) is 12.5.